The van der Waals surface area contributed by atoms with Crippen LogP contribution in [0.2, 0.25) is 0 Å². The van der Waals surface area contributed by atoms with Crippen molar-refractivity contribution in [3.05, 3.63) is 77.9 Å². The van der Waals surface area contributed by atoms with Crippen molar-refractivity contribution < 1.29 is 36.2 Å². The second-order valence-corrected chi connectivity index (χ2v) is 8.18. The normalized spacial score (nSPS) is 11.8. The summed E-state index contributed by atoms with van der Waals surface area (Å²) in [4.78, 5) is 16.3. The minimum Gasteiger partial charge on any atom is -0.475 e. The molecule has 0 amide bonds. The summed E-state index contributed by atoms with van der Waals surface area (Å²) in [6.45, 7) is 2.62. The standard InChI is InChI=1S/C24H23F3N4.C2HF3O2/c1-28-11-12-29-15-16-3-2-4-19(13-16)17-5-7-18(8-6-17)23-30-21-10-9-20(24(25,26)27)14-22(21)31-23;3-2(4,5)1(6)7/h2-10,13-14,28-29H,11-12,15H2,1H3,(H,30,31);(H,6,7). The summed E-state index contributed by atoms with van der Waals surface area (Å²) in [6.07, 6.45) is -9.46. The SMILES string of the molecule is CNCCNCc1cccc(-c2ccc(-c3nc4ccc(C(F)(F)F)cc4[nH]3)cc2)c1.O=C(O)C(F)(F)F. The molecule has 12 heteroatoms. The first kappa shape index (κ1) is 28.7. The number of likely N-dealkylation sites (N-methyl/N-ethyl adjacent to an activating group) is 1. The molecule has 38 heavy (non-hydrogen) atoms. The number of benzene rings is 3. The van der Waals surface area contributed by atoms with E-state index in [1.165, 1.54) is 11.6 Å². The zero-order valence-electron chi connectivity index (χ0n) is 20.0. The fourth-order valence-electron chi connectivity index (χ4n) is 3.45. The molecule has 1 aromatic heterocycles. The van der Waals surface area contributed by atoms with Gasteiger partial charge in [-0.1, -0.05) is 42.5 Å². The molecule has 0 spiro atoms. The van der Waals surface area contributed by atoms with Crippen LogP contribution in [0, 0.1) is 0 Å². The second-order valence-electron chi connectivity index (χ2n) is 8.18. The van der Waals surface area contributed by atoms with Crippen molar-refractivity contribution in [1.29, 1.82) is 0 Å². The number of H-pyrrole nitrogens is 1. The van der Waals surface area contributed by atoms with Gasteiger partial charge < -0.3 is 20.7 Å². The number of nitrogens with one attached hydrogen (secondary N) is 3. The molecule has 0 saturated carbocycles. The first-order valence-corrected chi connectivity index (χ1v) is 11.3. The summed E-state index contributed by atoms with van der Waals surface area (Å²) in [5.74, 6) is -2.21. The lowest BCUT2D eigenvalue weighted by atomic mass is 10.0. The third kappa shape index (κ3) is 7.80. The van der Waals surface area contributed by atoms with Gasteiger partial charge in [0.2, 0.25) is 0 Å². The topological polar surface area (TPSA) is 90.0 Å². The highest BCUT2D eigenvalue weighted by Gasteiger charge is 2.38. The zero-order chi connectivity index (χ0) is 27.9. The molecular weight excluding hydrogens is 514 g/mol. The average molecular weight is 538 g/mol. The molecule has 0 fully saturated rings. The summed E-state index contributed by atoms with van der Waals surface area (Å²) in [6, 6.07) is 19.7. The van der Waals surface area contributed by atoms with E-state index in [1.54, 1.807) is 0 Å². The van der Waals surface area contributed by atoms with Crippen LogP contribution in [0.4, 0.5) is 26.3 Å². The molecule has 0 unspecified atom stereocenters. The highest BCUT2D eigenvalue weighted by molar-refractivity contribution is 5.80. The monoisotopic (exact) mass is 538 g/mol. The molecule has 0 bridgehead atoms. The van der Waals surface area contributed by atoms with E-state index in [0.717, 1.165) is 48.5 Å². The van der Waals surface area contributed by atoms with Crippen LogP contribution in [0.5, 0.6) is 0 Å². The van der Waals surface area contributed by atoms with Gasteiger partial charge in [-0.05, 0) is 48.0 Å². The number of carbonyl (C=O) groups is 1. The summed E-state index contributed by atoms with van der Waals surface area (Å²) in [5.41, 5.74) is 4.38. The number of fused-ring (bicyclic) bond motifs is 1. The Kier molecular flexibility index (Phi) is 9.13. The fraction of sp³-hybridized carbons (Fsp3) is 0.231. The van der Waals surface area contributed by atoms with Gasteiger partial charge in [0.05, 0.1) is 16.6 Å². The van der Waals surface area contributed by atoms with Crippen molar-refractivity contribution in [3.8, 4) is 22.5 Å². The van der Waals surface area contributed by atoms with E-state index in [4.69, 9.17) is 9.90 Å². The molecular formula is C26H24F6N4O2. The third-order valence-corrected chi connectivity index (χ3v) is 5.35. The summed E-state index contributed by atoms with van der Waals surface area (Å²) in [5, 5.41) is 13.6. The Hall–Kier alpha value is -3.90. The molecule has 4 rings (SSSR count). The number of aromatic amines is 1. The van der Waals surface area contributed by atoms with E-state index < -0.39 is 23.9 Å². The minimum absolute atomic E-state index is 0.368. The van der Waals surface area contributed by atoms with Gasteiger partial charge >= 0.3 is 18.3 Å². The number of aromatic nitrogens is 2. The molecule has 0 radical (unpaired) electrons. The smallest absolute Gasteiger partial charge is 0.475 e. The predicted molar refractivity (Wildman–Crippen MR) is 131 cm³/mol. The number of nitrogens with zero attached hydrogens (tertiary/aromatic N) is 1. The molecule has 0 saturated heterocycles. The molecule has 4 aromatic rings. The number of alkyl halides is 6. The van der Waals surface area contributed by atoms with Crippen molar-refractivity contribution in [3.63, 3.8) is 0 Å². The molecule has 0 aliphatic carbocycles. The number of halogens is 6. The van der Waals surface area contributed by atoms with E-state index in [0.29, 0.717) is 16.9 Å². The molecule has 202 valence electrons. The van der Waals surface area contributed by atoms with Gasteiger partial charge in [-0.25, -0.2) is 9.78 Å². The lowest BCUT2D eigenvalue weighted by Gasteiger charge is -2.08. The lowest BCUT2D eigenvalue weighted by molar-refractivity contribution is -0.192. The van der Waals surface area contributed by atoms with Gasteiger partial charge in [-0.3, -0.25) is 0 Å². The fourth-order valence-corrected chi connectivity index (χ4v) is 3.45. The number of imidazole rings is 1. The maximum Gasteiger partial charge on any atom is 0.490 e. The van der Waals surface area contributed by atoms with Gasteiger partial charge in [-0.2, -0.15) is 26.3 Å². The molecule has 0 aliphatic heterocycles. The van der Waals surface area contributed by atoms with Crippen molar-refractivity contribution in [2.75, 3.05) is 20.1 Å². The van der Waals surface area contributed by atoms with Crippen LogP contribution in [0.15, 0.2) is 66.7 Å². The highest BCUT2D eigenvalue weighted by Crippen LogP contribution is 2.32. The maximum absolute atomic E-state index is 12.9. The lowest BCUT2D eigenvalue weighted by Crippen LogP contribution is -2.24. The first-order chi connectivity index (χ1) is 17.9. The van der Waals surface area contributed by atoms with Crippen molar-refractivity contribution in [2.45, 2.75) is 18.9 Å². The number of carboxylic acids is 1. The largest absolute Gasteiger partial charge is 0.490 e. The number of rotatable bonds is 7. The predicted octanol–water partition coefficient (Wildman–Crippen LogP) is 5.86. The molecule has 0 atom stereocenters. The Bertz CT molecular complexity index is 1360. The molecule has 3 aromatic carbocycles. The molecule has 1 heterocycles. The van der Waals surface area contributed by atoms with Gasteiger partial charge in [0, 0.05) is 25.2 Å². The van der Waals surface area contributed by atoms with E-state index in [2.05, 4.69) is 38.8 Å². The van der Waals surface area contributed by atoms with Crippen molar-refractivity contribution >= 4 is 17.0 Å². The van der Waals surface area contributed by atoms with Gasteiger partial charge in [0.15, 0.2) is 0 Å². The second kappa shape index (κ2) is 12.1. The van der Waals surface area contributed by atoms with E-state index >= 15 is 0 Å². The molecule has 0 aliphatic rings. The number of carboxylic acid groups (broad SMARTS) is 1. The van der Waals surface area contributed by atoms with Crippen LogP contribution in [0.1, 0.15) is 11.1 Å². The number of hydrogen-bond donors (Lipinski definition) is 4. The van der Waals surface area contributed by atoms with E-state index in [1.807, 2.05) is 37.4 Å². The number of aliphatic carboxylic acids is 1. The number of hydrogen-bond acceptors (Lipinski definition) is 4. The van der Waals surface area contributed by atoms with Crippen LogP contribution < -0.4 is 10.6 Å². The summed E-state index contributed by atoms with van der Waals surface area (Å²) in [7, 11) is 1.93. The first-order valence-electron chi connectivity index (χ1n) is 11.3. The van der Waals surface area contributed by atoms with Crippen molar-refractivity contribution in [1.82, 2.24) is 20.6 Å². The van der Waals surface area contributed by atoms with Crippen LogP contribution in [0.25, 0.3) is 33.5 Å². The van der Waals surface area contributed by atoms with E-state index in [9.17, 15) is 26.3 Å². The highest BCUT2D eigenvalue weighted by atomic mass is 19.4. The Balaban J connectivity index is 0.000000505. The van der Waals surface area contributed by atoms with Crippen molar-refractivity contribution in [2.24, 2.45) is 0 Å². The summed E-state index contributed by atoms with van der Waals surface area (Å²) >= 11 is 0. The maximum atomic E-state index is 12.9. The Morgan fingerprint density at radius 2 is 1.55 bits per heavy atom. The van der Waals surface area contributed by atoms with Crippen LogP contribution in [0.3, 0.4) is 0 Å². The molecule has 6 nitrogen and oxygen atoms in total. The zero-order valence-corrected chi connectivity index (χ0v) is 20.0. The van der Waals surface area contributed by atoms with Crippen LogP contribution in [-0.2, 0) is 17.5 Å². The van der Waals surface area contributed by atoms with Crippen LogP contribution >= 0.6 is 0 Å². The van der Waals surface area contributed by atoms with Crippen LogP contribution in [-0.4, -0.2) is 47.4 Å². The Labute approximate surface area is 213 Å². The van der Waals surface area contributed by atoms with E-state index in [-0.39, 0.29) is 0 Å². The third-order valence-electron chi connectivity index (χ3n) is 5.35. The summed E-state index contributed by atoms with van der Waals surface area (Å²) < 4.78 is 70.6. The Morgan fingerprint density at radius 3 is 2.16 bits per heavy atom. The van der Waals surface area contributed by atoms with Gasteiger partial charge in [-0.15, -0.1) is 0 Å². The van der Waals surface area contributed by atoms with Gasteiger partial charge in [0.25, 0.3) is 0 Å². The quantitative estimate of drug-likeness (QED) is 0.175. The molecule has 4 N–H and O–H groups in total. The Morgan fingerprint density at radius 1 is 0.895 bits per heavy atom. The van der Waals surface area contributed by atoms with Gasteiger partial charge in [0.1, 0.15) is 5.82 Å². The minimum atomic E-state index is -5.08. The average Bonchev–Trinajstić information content (AvgIpc) is 3.30.